The minimum Gasteiger partial charge on any atom is -0.381 e. The summed E-state index contributed by atoms with van der Waals surface area (Å²) in [5.41, 5.74) is 0.347. The van der Waals surface area contributed by atoms with Gasteiger partial charge < -0.3 is 14.2 Å². The molecule has 8 heteroatoms. The summed E-state index contributed by atoms with van der Waals surface area (Å²) >= 11 is 0. The average Bonchev–Trinajstić information content (AvgIpc) is 2.39. The van der Waals surface area contributed by atoms with Crippen LogP contribution < -0.4 is 9.50 Å². The highest BCUT2D eigenvalue weighted by Crippen LogP contribution is 2.15. The predicted molar refractivity (Wildman–Crippen MR) is 68.4 cm³/mol. The predicted octanol–water partition coefficient (Wildman–Crippen LogP) is 1.19. The Balaban J connectivity index is 1.96. The first-order valence-corrected chi connectivity index (χ1v) is 7.38. The molecule has 1 aliphatic heterocycles. The molecule has 0 aromatic heterocycles. The van der Waals surface area contributed by atoms with E-state index in [1.54, 1.807) is 0 Å². The summed E-state index contributed by atoms with van der Waals surface area (Å²) in [5, 5.41) is 2.85. The quantitative estimate of drug-likeness (QED) is 0.845. The summed E-state index contributed by atoms with van der Waals surface area (Å²) in [6.07, 6.45) is 1.51. The van der Waals surface area contributed by atoms with Crippen LogP contribution in [0, 0.1) is 0 Å². The van der Waals surface area contributed by atoms with Gasteiger partial charge in [-0.25, -0.2) is 0 Å². The normalized spacial score (nSPS) is 16.6. The molecule has 0 saturated carbocycles. The van der Waals surface area contributed by atoms with Crippen molar-refractivity contribution in [2.45, 2.75) is 18.9 Å². The Morgan fingerprint density at radius 1 is 1.25 bits per heavy atom. The second kappa shape index (κ2) is 6.19. The SMILES string of the molecule is O=C(NC1CCOCC1)c1ccc(OS(=O)(=O)F)cc1. The molecule has 0 bridgehead atoms. The van der Waals surface area contributed by atoms with E-state index >= 15 is 0 Å². The first-order valence-electron chi connectivity index (χ1n) is 6.07. The van der Waals surface area contributed by atoms with Crippen LogP contribution in [0.2, 0.25) is 0 Å². The van der Waals surface area contributed by atoms with Crippen LogP contribution in [0.1, 0.15) is 23.2 Å². The standard InChI is InChI=1S/C12H14FNO5S/c13-20(16,17)19-11-3-1-9(2-4-11)12(15)14-10-5-7-18-8-6-10/h1-4,10H,5-8H2,(H,14,15). The molecule has 0 spiro atoms. The molecule has 1 saturated heterocycles. The molecule has 1 amide bonds. The lowest BCUT2D eigenvalue weighted by molar-refractivity contribution is 0.0696. The van der Waals surface area contributed by atoms with Gasteiger partial charge in [-0.3, -0.25) is 4.79 Å². The number of rotatable bonds is 4. The lowest BCUT2D eigenvalue weighted by Gasteiger charge is -2.23. The number of nitrogens with one attached hydrogen (secondary N) is 1. The van der Waals surface area contributed by atoms with Crippen LogP contribution in [-0.4, -0.2) is 33.6 Å². The van der Waals surface area contributed by atoms with E-state index in [0.29, 0.717) is 18.8 Å². The smallest absolute Gasteiger partial charge is 0.381 e. The van der Waals surface area contributed by atoms with E-state index in [4.69, 9.17) is 4.74 Å². The Labute approximate surface area is 116 Å². The van der Waals surface area contributed by atoms with Crippen LogP contribution in [0.4, 0.5) is 3.89 Å². The summed E-state index contributed by atoms with van der Waals surface area (Å²) in [6.45, 7) is 1.23. The Kier molecular flexibility index (Phi) is 4.56. The third kappa shape index (κ3) is 4.46. The number of carbonyl (C=O) groups excluding carboxylic acids is 1. The monoisotopic (exact) mass is 303 g/mol. The van der Waals surface area contributed by atoms with E-state index in [0.717, 1.165) is 12.8 Å². The van der Waals surface area contributed by atoms with Crippen molar-refractivity contribution in [3.63, 3.8) is 0 Å². The lowest BCUT2D eigenvalue weighted by atomic mass is 10.1. The molecular weight excluding hydrogens is 289 g/mol. The summed E-state index contributed by atoms with van der Waals surface area (Å²) in [7, 11) is -5.05. The number of carbonyl (C=O) groups is 1. The van der Waals surface area contributed by atoms with E-state index in [-0.39, 0.29) is 17.7 Å². The van der Waals surface area contributed by atoms with Crippen molar-refractivity contribution in [3.8, 4) is 5.75 Å². The average molecular weight is 303 g/mol. The van der Waals surface area contributed by atoms with E-state index in [1.165, 1.54) is 24.3 Å². The topological polar surface area (TPSA) is 81.7 Å². The Morgan fingerprint density at radius 2 is 1.85 bits per heavy atom. The number of ether oxygens (including phenoxy) is 1. The maximum atomic E-state index is 12.3. The summed E-state index contributed by atoms with van der Waals surface area (Å²) < 4.78 is 42.1. The maximum Gasteiger partial charge on any atom is 0.488 e. The van der Waals surface area contributed by atoms with Gasteiger partial charge in [-0.05, 0) is 37.1 Å². The van der Waals surface area contributed by atoms with Gasteiger partial charge in [0.25, 0.3) is 5.91 Å². The van der Waals surface area contributed by atoms with Crippen LogP contribution in [0.5, 0.6) is 5.75 Å². The third-order valence-corrected chi connectivity index (χ3v) is 3.26. The first-order chi connectivity index (χ1) is 9.44. The van der Waals surface area contributed by atoms with Crippen molar-refractivity contribution in [3.05, 3.63) is 29.8 Å². The van der Waals surface area contributed by atoms with Gasteiger partial charge in [-0.15, -0.1) is 0 Å². The van der Waals surface area contributed by atoms with Crippen LogP contribution in [0.3, 0.4) is 0 Å². The Morgan fingerprint density at radius 3 is 2.40 bits per heavy atom. The van der Waals surface area contributed by atoms with E-state index in [2.05, 4.69) is 9.50 Å². The van der Waals surface area contributed by atoms with Gasteiger partial charge in [0, 0.05) is 24.8 Å². The van der Waals surface area contributed by atoms with Gasteiger partial charge in [0.05, 0.1) is 0 Å². The molecule has 1 heterocycles. The third-order valence-electron chi connectivity index (χ3n) is 2.87. The van der Waals surface area contributed by atoms with Crippen LogP contribution >= 0.6 is 0 Å². The van der Waals surface area contributed by atoms with Crippen molar-refractivity contribution >= 4 is 16.4 Å². The van der Waals surface area contributed by atoms with Crippen molar-refractivity contribution in [1.29, 1.82) is 0 Å². The fraction of sp³-hybridized carbons (Fsp3) is 0.417. The number of hydrogen-bond acceptors (Lipinski definition) is 5. The zero-order valence-electron chi connectivity index (χ0n) is 10.5. The number of hydrogen-bond donors (Lipinski definition) is 1. The van der Waals surface area contributed by atoms with Crippen LogP contribution in [-0.2, 0) is 15.2 Å². The molecule has 1 fully saturated rings. The zero-order valence-corrected chi connectivity index (χ0v) is 11.4. The number of benzene rings is 1. The fourth-order valence-electron chi connectivity index (χ4n) is 1.89. The van der Waals surface area contributed by atoms with Gasteiger partial charge in [-0.1, -0.05) is 3.89 Å². The molecule has 0 aliphatic carbocycles. The molecule has 20 heavy (non-hydrogen) atoms. The maximum absolute atomic E-state index is 12.3. The number of halogens is 1. The lowest BCUT2D eigenvalue weighted by Crippen LogP contribution is -2.38. The van der Waals surface area contributed by atoms with Crippen molar-refractivity contribution in [2.24, 2.45) is 0 Å². The van der Waals surface area contributed by atoms with E-state index in [1.807, 2.05) is 0 Å². The molecule has 1 aromatic carbocycles. The minimum atomic E-state index is -5.05. The highest BCUT2D eigenvalue weighted by molar-refractivity contribution is 7.81. The fourth-order valence-corrected chi connectivity index (χ4v) is 2.23. The molecule has 110 valence electrons. The highest BCUT2D eigenvalue weighted by Gasteiger charge is 2.17. The molecule has 0 atom stereocenters. The minimum absolute atomic E-state index is 0.0680. The summed E-state index contributed by atoms with van der Waals surface area (Å²) in [4.78, 5) is 11.9. The number of amides is 1. The first kappa shape index (κ1) is 14.7. The van der Waals surface area contributed by atoms with Gasteiger partial charge in [-0.2, -0.15) is 8.42 Å². The van der Waals surface area contributed by atoms with Crippen molar-refractivity contribution in [2.75, 3.05) is 13.2 Å². The second-order valence-corrected chi connectivity index (χ2v) is 5.31. The summed E-state index contributed by atoms with van der Waals surface area (Å²) in [6, 6.07) is 5.24. The van der Waals surface area contributed by atoms with Gasteiger partial charge in [0.15, 0.2) is 0 Å². The highest BCUT2D eigenvalue weighted by atomic mass is 32.3. The van der Waals surface area contributed by atoms with Gasteiger partial charge >= 0.3 is 10.5 Å². The zero-order chi connectivity index (χ0) is 14.6. The molecule has 2 rings (SSSR count). The van der Waals surface area contributed by atoms with Gasteiger partial charge in [0.2, 0.25) is 0 Å². The Bertz CT molecular complexity index is 566. The summed E-state index contributed by atoms with van der Waals surface area (Å²) in [5.74, 6) is -0.457. The largest absolute Gasteiger partial charge is 0.488 e. The van der Waals surface area contributed by atoms with Crippen LogP contribution in [0.15, 0.2) is 24.3 Å². The van der Waals surface area contributed by atoms with E-state index in [9.17, 15) is 17.1 Å². The molecule has 1 N–H and O–H groups in total. The Hall–Kier alpha value is -1.67. The molecule has 6 nitrogen and oxygen atoms in total. The van der Waals surface area contributed by atoms with Crippen molar-refractivity contribution in [1.82, 2.24) is 5.32 Å². The molecule has 0 radical (unpaired) electrons. The van der Waals surface area contributed by atoms with Gasteiger partial charge in [0.1, 0.15) is 5.75 Å². The molecule has 1 aromatic rings. The molecule has 0 unspecified atom stereocenters. The van der Waals surface area contributed by atoms with Crippen molar-refractivity contribution < 1.29 is 26.0 Å². The van der Waals surface area contributed by atoms with E-state index < -0.39 is 10.5 Å². The van der Waals surface area contributed by atoms with Crippen LogP contribution in [0.25, 0.3) is 0 Å². The second-order valence-electron chi connectivity index (χ2n) is 4.36. The molecule has 1 aliphatic rings. The molecular formula is C12H14FNO5S.